The molecule has 4 nitrogen and oxygen atoms in total. The summed E-state index contributed by atoms with van der Waals surface area (Å²) in [6.45, 7) is 7.23. The lowest BCUT2D eigenvalue weighted by Gasteiger charge is -2.35. The van der Waals surface area contributed by atoms with E-state index in [1.165, 1.54) is 25.7 Å². The van der Waals surface area contributed by atoms with Gasteiger partial charge in [0.25, 0.3) is 0 Å². The van der Waals surface area contributed by atoms with Crippen LogP contribution in [0.15, 0.2) is 0 Å². The van der Waals surface area contributed by atoms with Gasteiger partial charge in [-0.05, 0) is 53.1 Å². The van der Waals surface area contributed by atoms with Crippen LogP contribution in [0.3, 0.4) is 0 Å². The molecule has 0 saturated heterocycles. The molecule has 0 amide bonds. The van der Waals surface area contributed by atoms with Gasteiger partial charge in [-0.25, -0.2) is 0 Å². The van der Waals surface area contributed by atoms with Crippen molar-refractivity contribution >= 4 is 5.97 Å². The maximum absolute atomic E-state index is 11.3. The van der Waals surface area contributed by atoms with Crippen molar-refractivity contribution in [3.05, 3.63) is 0 Å². The van der Waals surface area contributed by atoms with E-state index in [0.29, 0.717) is 18.5 Å². The summed E-state index contributed by atoms with van der Waals surface area (Å²) in [5.74, 6) is -0.761. The van der Waals surface area contributed by atoms with Gasteiger partial charge in [0.05, 0.1) is 0 Å². The van der Waals surface area contributed by atoms with Crippen LogP contribution in [0.1, 0.15) is 52.9 Å². The fourth-order valence-electron chi connectivity index (χ4n) is 2.51. The van der Waals surface area contributed by atoms with Crippen molar-refractivity contribution in [3.63, 3.8) is 0 Å². The normalized spacial score (nSPS) is 20.7. The highest BCUT2D eigenvalue weighted by Gasteiger charge is 2.38. The van der Waals surface area contributed by atoms with Crippen molar-refractivity contribution < 1.29 is 9.90 Å². The molecule has 0 radical (unpaired) electrons. The third-order valence-electron chi connectivity index (χ3n) is 4.08. The first-order valence-corrected chi connectivity index (χ1v) is 7.12. The third kappa shape index (κ3) is 3.95. The Kier molecular flexibility index (Phi) is 5.60. The van der Waals surface area contributed by atoms with E-state index in [0.717, 1.165) is 6.54 Å². The van der Waals surface area contributed by atoms with E-state index in [1.54, 1.807) is 14.0 Å². The van der Waals surface area contributed by atoms with Gasteiger partial charge in [0, 0.05) is 12.1 Å². The van der Waals surface area contributed by atoms with E-state index in [-0.39, 0.29) is 0 Å². The predicted octanol–water partition coefficient (Wildman–Crippen LogP) is 2.09. The molecule has 1 aliphatic carbocycles. The molecule has 0 aromatic rings. The van der Waals surface area contributed by atoms with E-state index in [9.17, 15) is 9.90 Å². The second-order valence-corrected chi connectivity index (χ2v) is 5.76. The van der Waals surface area contributed by atoms with Crippen LogP contribution in [0.5, 0.6) is 0 Å². The molecule has 4 heteroatoms. The second kappa shape index (κ2) is 6.53. The Labute approximate surface area is 111 Å². The van der Waals surface area contributed by atoms with Crippen LogP contribution in [-0.2, 0) is 4.79 Å². The van der Waals surface area contributed by atoms with Crippen LogP contribution >= 0.6 is 0 Å². The first-order chi connectivity index (χ1) is 8.44. The van der Waals surface area contributed by atoms with Crippen LogP contribution in [0.4, 0.5) is 0 Å². The zero-order chi connectivity index (χ0) is 13.8. The van der Waals surface area contributed by atoms with Crippen molar-refractivity contribution in [2.45, 2.75) is 70.5 Å². The number of carbonyl (C=O) groups is 1. The Hall–Kier alpha value is -0.610. The predicted molar refractivity (Wildman–Crippen MR) is 73.8 cm³/mol. The molecule has 0 aromatic heterocycles. The molecule has 0 spiro atoms. The van der Waals surface area contributed by atoms with Gasteiger partial charge in [-0.3, -0.25) is 9.69 Å². The lowest BCUT2D eigenvalue weighted by atomic mass is 9.93. The first kappa shape index (κ1) is 15.4. The van der Waals surface area contributed by atoms with Crippen LogP contribution in [0.25, 0.3) is 0 Å². The number of nitrogens with zero attached hydrogens (tertiary/aromatic N) is 1. The molecule has 0 bridgehead atoms. The summed E-state index contributed by atoms with van der Waals surface area (Å²) in [5.41, 5.74) is -0.821. The molecule has 0 aromatic carbocycles. The number of hydrogen-bond donors (Lipinski definition) is 2. The van der Waals surface area contributed by atoms with Crippen LogP contribution in [0, 0.1) is 0 Å². The third-order valence-corrected chi connectivity index (χ3v) is 4.08. The zero-order valence-corrected chi connectivity index (χ0v) is 12.2. The smallest absolute Gasteiger partial charge is 0.323 e. The summed E-state index contributed by atoms with van der Waals surface area (Å²) in [7, 11) is 1.73. The number of hydrogen-bond acceptors (Lipinski definition) is 3. The van der Waals surface area contributed by atoms with E-state index < -0.39 is 11.5 Å². The summed E-state index contributed by atoms with van der Waals surface area (Å²) < 4.78 is 0. The monoisotopic (exact) mass is 256 g/mol. The standard InChI is InChI=1S/C14H28N2O2/c1-5-6-9-16(12-7-8-12)11(2)10-14(3,15-4)13(17)18/h11-12,15H,5-10H2,1-4H3,(H,17,18). The van der Waals surface area contributed by atoms with Gasteiger partial charge in [-0.1, -0.05) is 13.3 Å². The molecule has 1 fully saturated rings. The van der Waals surface area contributed by atoms with E-state index >= 15 is 0 Å². The molecule has 2 N–H and O–H groups in total. The number of nitrogens with one attached hydrogen (secondary N) is 1. The average molecular weight is 256 g/mol. The number of aliphatic carboxylic acids is 1. The molecule has 18 heavy (non-hydrogen) atoms. The topological polar surface area (TPSA) is 52.6 Å². The summed E-state index contributed by atoms with van der Waals surface area (Å²) in [6.07, 6.45) is 5.59. The van der Waals surface area contributed by atoms with Crippen molar-refractivity contribution in [1.29, 1.82) is 0 Å². The van der Waals surface area contributed by atoms with E-state index in [2.05, 4.69) is 24.1 Å². The number of carboxylic acids is 1. The van der Waals surface area contributed by atoms with Crippen LogP contribution in [-0.4, -0.2) is 47.2 Å². The molecule has 2 unspecified atom stereocenters. The maximum Gasteiger partial charge on any atom is 0.323 e. The molecular formula is C14H28N2O2. The van der Waals surface area contributed by atoms with Crippen molar-refractivity contribution in [2.24, 2.45) is 0 Å². The van der Waals surface area contributed by atoms with Crippen LogP contribution < -0.4 is 5.32 Å². The number of carboxylic acid groups (broad SMARTS) is 1. The highest BCUT2D eigenvalue weighted by Crippen LogP contribution is 2.31. The van der Waals surface area contributed by atoms with E-state index in [1.807, 2.05) is 0 Å². The molecule has 0 heterocycles. The summed E-state index contributed by atoms with van der Waals surface area (Å²) in [4.78, 5) is 13.8. The van der Waals surface area contributed by atoms with Gasteiger partial charge in [-0.2, -0.15) is 0 Å². The molecule has 0 aliphatic heterocycles. The summed E-state index contributed by atoms with van der Waals surface area (Å²) >= 11 is 0. The minimum absolute atomic E-state index is 0.317. The van der Waals surface area contributed by atoms with Crippen molar-refractivity contribution in [2.75, 3.05) is 13.6 Å². The maximum atomic E-state index is 11.3. The fourth-order valence-corrected chi connectivity index (χ4v) is 2.51. The molecule has 2 atom stereocenters. The van der Waals surface area contributed by atoms with Crippen molar-refractivity contribution in [1.82, 2.24) is 10.2 Å². The largest absolute Gasteiger partial charge is 0.480 e. The quantitative estimate of drug-likeness (QED) is 0.663. The van der Waals surface area contributed by atoms with E-state index in [4.69, 9.17) is 0 Å². The Morgan fingerprint density at radius 2 is 2.17 bits per heavy atom. The Bertz CT molecular complexity index is 279. The van der Waals surface area contributed by atoms with Gasteiger partial charge < -0.3 is 10.4 Å². The Morgan fingerprint density at radius 3 is 2.56 bits per heavy atom. The highest BCUT2D eigenvalue weighted by atomic mass is 16.4. The molecule has 1 rings (SSSR count). The highest BCUT2D eigenvalue weighted by molar-refractivity contribution is 5.78. The van der Waals surface area contributed by atoms with Gasteiger partial charge in [0.1, 0.15) is 5.54 Å². The van der Waals surface area contributed by atoms with Crippen molar-refractivity contribution in [3.8, 4) is 0 Å². The molecule has 1 aliphatic rings. The van der Waals surface area contributed by atoms with Gasteiger partial charge in [0.2, 0.25) is 0 Å². The SMILES string of the molecule is CCCCN(C(C)CC(C)(NC)C(=O)O)C1CC1. The summed E-state index contributed by atoms with van der Waals surface area (Å²) in [6, 6.07) is 1.01. The number of rotatable bonds is 9. The lowest BCUT2D eigenvalue weighted by Crippen LogP contribution is -2.52. The fraction of sp³-hybridized carbons (Fsp3) is 0.929. The average Bonchev–Trinajstić information content (AvgIpc) is 3.13. The second-order valence-electron chi connectivity index (χ2n) is 5.76. The minimum Gasteiger partial charge on any atom is -0.480 e. The lowest BCUT2D eigenvalue weighted by molar-refractivity contribution is -0.144. The molecule has 1 saturated carbocycles. The molecule has 106 valence electrons. The Balaban J connectivity index is 2.59. The first-order valence-electron chi connectivity index (χ1n) is 7.12. The van der Waals surface area contributed by atoms with Crippen LogP contribution in [0.2, 0.25) is 0 Å². The van der Waals surface area contributed by atoms with Gasteiger partial charge >= 0.3 is 5.97 Å². The number of likely N-dealkylation sites (N-methyl/N-ethyl adjacent to an activating group) is 1. The zero-order valence-electron chi connectivity index (χ0n) is 12.2. The Morgan fingerprint density at radius 1 is 1.56 bits per heavy atom. The van der Waals surface area contributed by atoms with Gasteiger partial charge in [0.15, 0.2) is 0 Å². The number of unbranched alkanes of at least 4 members (excludes halogenated alkanes) is 1. The molecular weight excluding hydrogens is 228 g/mol. The summed E-state index contributed by atoms with van der Waals surface area (Å²) in [5, 5.41) is 12.3. The van der Waals surface area contributed by atoms with Gasteiger partial charge in [-0.15, -0.1) is 0 Å². The minimum atomic E-state index is -0.821.